The lowest BCUT2D eigenvalue weighted by molar-refractivity contribution is -0.0256. The van der Waals surface area contributed by atoms with Crippen LogP contribution in [0.15, 0.2) is 0 Å². The molecule has 0 spiro atoms. The van der Waals surface area contributed by atoms with Crippen molar-refractivity contribution in [3.8, 4) is 0 Å². The summed E-state index contributed by atoms with van der Waals surface area (Å²) in [6.07, 6.45) is -0.212. The maximum absolute atomic E-state index is 11.7. The van der Waals surface area contributed by atoms with Crippen molar-refractivity contribution in [1.82, 2.24) is 5.32 Å². The van der Waals surface area contributed by atoms with Gasteiger partial charge in [-0.05, 0) is 0 Å². The van der Waals surface area contributed by atoms with Gasteiger partial charge in [-0.15, -0.1) is 0 Å². The van der Waals surface area contributed by atoms with Crippen molar-refractivity contribution in [2.75, 3.05) is 0 Å². The Balaban J connectivity index is 3.36. The summed E-state index contributed by atoms with van der Waals surface area (Å²) in [5.41, 5.74) is 0. The molecule has 0 aliphatic carbocycles. The lowest BCUT2D eigenvalue weighted by Crippen LogP contribution is -2.29. The molecule has 1 radical (unpaired) electrons. The van der Waals surface area contributed by atoms with Crippen molar-refractivity contribution in [3.05, 3.63) is 7.05 Å². The van der Waals surface area contributed by atoms with Gasteiger partial charge in [0.25, 0.3) is 0 Å². The van der Waals surface area contributed by atoms with E-state index in [1.54, 1.807) is 5.32 Å². The molecular weight excluding hydrogens is 100 g/mol. The van der Waals surface area contributed by atoms with Gasteiger partial charge in [0, 0.05) is 13.5 Å². The Kier molecular flexibility index (Phi) is 2.15. The van der Waals surface area contributed by atoms with E-state index in [-0.39, 0.29) is 6.42 Å². The monoisotopic (exact) mass is 108 g/mol. The number of hydrogen-bond donors (Lipinski definition) is 1. The first-order valence-electron chi connectivity index (χ1n) is 2.04. The highest BCUT2D eigenvalue weighted by Gasteiger charge is 2.21. The molecule has 0 aliphatic heterocycles. The van der Waals surface area contributed by atoms with E-state index < -0.39 is 6.05 Å². The second-order valence-corrected chi connectivity index (χ2v) is 1.23. The molecule has 0 amide bonds. The van der Waals surface area contributed by atoms with Crippen LogP contribution in [0.5, 0.6) is 0 Å². The van der Waals surface area contributed by atoms with Crippen molar-refractivity contribution >= 4 is 0 Å². The van der Waals surface area contributed by atoms with E-state index in [2.05, 4.69) is 7.05 Å². The molecule has 43 valence electrons. The van der Waals surface area contributed by atoms with Gasteiger partial charge < -0.3 is 0 Å². The molecule has 0 rings (SSSR count). The minimum atomic E-state index is -2.78. The number of nitrogens with one attached hydrogen (secondary N) is 1. The summed E-state index contributed by atoms with van der Waals surface area (Å²) in [7, 11) is 2.83. The van der Waals surface area contributed by atoms with Crippen LogP contribution in [0.4, 0.5) is 8.78 Å². The molecule has 0 saturated heterocycles. The van der Waals surface area contributed by atoms with Crippen molar-refractivity contribution < 1.29 is 8.78 Å². The molecule has 1 nitrogen and oxygen atoms in total. The molecule has 0 aromatic rings. The Morgan fingerprint density at radius 3 is 2.14 bits per heavy atom. The molecule has 0 saturated carbocycles. The van der Waals surface area contributed by atoms with E-state index in [0.717, 1.165) is 0 Å². The average molecular weight is 108 g/mol. The topological polar surface area (TPSA) is 12.0 Å². The first kappa shape index (κ1) is 6.82. The first-order valence-corrected chi connectivity index (χ1v) is 2.04. The van der Waals surface area contributed by atoms with Crippen LogP contribution >= 0.6 is 0 Å². The maximum Gasteiger partial charge on any atom is 0.302 e. The molecule has 0 atom stereocenters. The zero-order chi connectivity index (χ0) is 5.91. The number of rotatable bonds is 2. The summed E-state index contributed by atoms with van der Waals surface area (Å²) in [5, 5.41) is 1.61. The summed E-state index contributed by atoms with van der Waals surface area (Å²) in [6, 6.07) is -2.78. The van der Waals surface area contributed by atoms with Crippen LogP contribution in [0, 0.1) is 7.05 Å². The molecule has 0 aliphatic rings. The zero-order valence-electron chi connectivity index (χ0n) is 4.17. The van der Waals surface area contributed by atoms with E-state index in [9.17, 15) is 8.78 Å². The standard InChI is InChI=1S/C4H8F2N/c1-3-4(5,6)7-2/h7H,2-3H2,1H3. The SMILES string of the molecule is [CH2]NC(F)(F)CC. The van der Waals surface area contributed by atoms with Gasteiger partial charge in [0.05, 0.1) is 0 Å². The first-order chi connectivity index (χ1) is 3.12. The fourth-order valence-corrected chi connectivity index (χ4v) is 0.125. The largest absolute Gasteiger partial charge is 0.302 e. The summed E-state index contributed by atoms with van der Waals surface area (Å²) in [5.74, 6) is 0. The average Bonchev–Trinajstić information content (AvgIpc) is 1.68. The van der Waals surface area contributed by atoms with Crippen LogP contribution < -0.4 is 5.32 Å². The summed E-state index contributed by atoms with van der Waals surface area (Å²) in [4.78, 5) is 0. The smallest absolute Gasteiger partial charge is 0.257 e. The van der Waals surface area contributed by atoms with Gasteiger partial charge in [0.2, 0.25) is 0 Å². The predicted octanol–water partition coefficient (Wildman–Crippen LogP) is 1.37. The minimum absolute atomic E-state index is 0.212. The van der Waals surface area contributed by atoms with Crippen LogP contribution in [0.1, 0.15) is 13.3 Å². The fraction of sp³-hybridized carbons (Fsp3) is 0.750. The van der Waals surface area contributed by atoms with Gasteiger partial charge in [-0.2, -0.15) is 8.78 Å². The molecule has 0 bridgehead atoms. The molecule has 1 N–H and O–H groups in total. The second kappa shape index (κ2) is 2.21. The second-order valence-electron chi connectivity index (χ2n) is 1.23. The fourth-order valence-electron chi connectivity index (χ4n) is 0.125. The molecule has 3 heteroatoms. The highest BCUT2D eigenvalue weighted by atomic mass is 19.3. The molecule has 0 aromatic heterocycles. The Labute approximate surface area is 41.7 Å². The lowest BCUT2D eigenvalue weighted by Gasteiger charge is -2.09. The maximum atomic E-state index is 11.7. The highest BCUT2D eigenvalue weighted by Crippen LogP contribution is 2.11. The summed E-state index contributed by atoms with van der Waals surface area (Å²) < 4.78 is 23.4. The van der Waals surface area contributed by atoms with Gasteiger partial charge in [0.15, 0.2) is 0 Å². The third kappa shape index (κ3) is 2.51. The Hall–Kier alpha value is -0.180. The molecule has 0 fully saturated rings. The van der Waals surface area contributed by atoms with Crippen molar-refractivity contribution in [2.24, 2.45) is 0 Å². The van der Waals surface area contributed by atoms with Crippen LogP contribution in [-0.2, 0) is 0 Å². The van der Waals surface area contributed by atoms with Gasteiger partial charge >= 0.3 is 6.05 Å². The predicted molar refractivity (Wildman–Crippen MR) is 23.7 cm³/mol. The summed E-state index contributed by atoms with van der Waals surface area (Å²) >= 11 is 0. The van der Waals surface area contributed by atoms with Crippen molar-refractivity contribution in [1.29, 1.82) is 0 Å². The van der Waals surface area contributed by atoms with E-state index in [4.69, 9.17) is 0 Å². The van der Waals surface area contributed by atoms with Crippen molar-refractivity contribution in [3.63, 3.8) is 0 Å². The molecule has 7 heavy (non-hydrogen) atoms. The van der Waals surface area contributed by atoms with Gasteiger partial charge in [-0.1, -0.05) is 6.92 Å². The van der Waals surface area contributed by atoms with Crippen molar-refractivity contribution in [2.45, 2.75) is 19.4 Å². The van der Waals surface area contributed by atoms with E-state index in [0.29, 0.717) is 0 Å². The van der Waals surface area contributed by atoms with Gasteiger partial charge in [-0.3, -0.25) is 5.32 Å². The zero-order valence-corrected chi connectivity index (χ0v) is 4.17. The Morgan fingerprint density at radius 1 is 1.71 bits per heavy atom. The number of hydrogen-bond acceptors (Lipinski definition) is 1. The minimum Gasteiger partial charge on any atom is -0.257 e. The lowest BCUT2D eigenvalue weighted by atomic mass is 10.4. The van der Waals surface area contributed by atoms with Crippen LogP contribution in [-0.4, -0.2) is 6.05 Å². The third-order valence-electron chi connectivity index (χ3n) is 0.703. The van der Waals surface area contributed by atoms with E-state index >= 15 is 0 Å². The number of halogens is 2. The molecule has 0 heterocycles. The highest BCUT2D eigenvalue weighted by molar-refractivity contribution is 4.56. The van der Waals surface area contributed by atoms with E-state index in [1.165, 1.54) is 6.92 Å². The van der Waals surface area contributed by atoms with Gasteiger partial charge in [0.1, 0.15) is 0 Å². The van der Waals surface area contributed by atoms with Crippen LogP contribution in [0.3, 0.4) is 0 Å². The third-order valence-corrected chi connectivity index (χ3v) is 0.703. The molecular formula is C4H8F2N. The van der Waals surface area contributed by atoms with Gasteiger partial charge in [-0.25, -0.2) is 0 Å². The Morgan fingerprint density at radius 2 is 2.14 bits per heavy atom. The number of alkyl halides is 2. The quantitative estimate of drug-likeness (QED) is 0.527. The molecule has 0 unspecified atom stereocenters. The molecule has 0 aromatic carbocycles. The summed E-state index contributed by atoms with van der Waals surface area (Å²) in [6.45, 7) is 1.39. The van der Waals surface area contributed by atoms with E-state index in [1.807, 2.05) is 0 Å². The van der Waals surface area contributed by atoms with Crippen LogP contribution in [0.25, 0.3) is 0 Å². The Bertz CT molecular complexity index is 47.7. The van der Waals surface area contributed by atoms with Crippen LogP contribution in [0.2, 0.25) is 0 Å². The normalized spacial score (nSPS) is 12.0.